The number of hydrogen-bond acceptors (Lipinski definition) is 3. The quantitative estimate of drug-likeness (QED) is 0.441. The molecular formula is C22H19Cl2FN2O2. The average Bonchev–Trinajstić information content (AvgIpc) is 3.44. The Labute approximate surface area is 178 Å². The lowest BCUT2D eigenvalue weighted by Gasteiger charge is -2.14. The van der Waals surface area contributed by atoms with Crippen LogP contribution >= 0.6 is 23.2 Å². The van der Waals surface area contributed by atoms with Crippen LogP contribution in [0.15, 0.2) is 42.5 Å². The van der Waals surface area contributed by atoms with Crippen molar-refractivity contribution in [1.82, 2.24) is 9.55 Å². The van der Waals surface area contributed by atoms with Gasteiger partial charge in [0, 0.05) is 22.7 Å². The lowest BCUT2D eigenvalue weighted by Crippen LogP contribution is -2.09. The molecule has 0 aliphatic heterocycles. The highest BCUT2D eigenvalue weighted by Crippen LogP contribution is 2.38. The number of benzene rings is 2. The van der Waals surface area contributed by atoms with E-state index in [9.17, 15) is 4.79 Å². The van der Waals surface area contributed by atoms with Gasteiger partial charge in [0.05, 0.1) is 17.3 Å². The topological polar surface area (TPSA) is 44.1 Å². The molecule has 3 aromatic rings. The van der Waals surface area contributed by atoms with Gasteiger partial charge in [-0.2, -0.15) is 0 Å². The normalized spacial score (nSPS) is 13.5. The van der Waals surface area contributed by atoms with E-state index in [1.54, 1.807) is 31.2 Å². The number of carbonyl (C=O) groups is 1. The van der Waals surface area contributed by atoms with Crippen LogP contribution in [0, 0.1) is 11.7 Å². The molecule has 150 valence electrons. The maximum absolute atomic E-state index is 15.0. The van der Waals surface area contributed by atoms with Crippen LogP contribution in [0.1, 0.15) is 36.1 Å². The molecule has 4 rings (SSSR count). The second-order valence-corrected chi connectivity index (χ2v) is 7.85. The van der Waals surface area contributed by atoms with E-state index < -0.39 is 11.8 Å². The highest BCUT2D eigenvalue weighted by molar-refractivity contribution is 6.31. The van der Waals surface area contributed by atoms with Gasteiger partial charge in [0.1, 0.15) is 5.82 Å². The van der Waals surface area contributed by atoms with Crippen molar-refractivity contribution in [2.24, 2.45) is 5.92 Å². The van der Waals surface area contributed by atoms with Gasteiger partial charge in [0.2, 0.25) is 0 Å². The molecule has 1 heterocycles. The zero-order valence-electron chi connectivity index (χ0n) is 15.8. The van der Waals surface area contributed by atoms with E-state index in [-0.39, 0.29) is 22.9 Å². The van der Waals surface area contributed by atoms with Gasteiger partial charge in [-0.05, 0) is 62.1 Å². The van der Waals surface area contributed by atoms with Gasteiger partial charge >= 0.3 is 5.97 Å². The Bertz CT molecular complexity index is 1060. The minimum atomic E-state index is -0.604. The molecule has 2 aromatic carbocycles. The Kier molecular flexibility index (Phi) is 5.61. The van der Waals surface area contributed by atoms with Gasteiger partial charge in [0.15, 0.2) is 11.5 Å². The molecule has 29 heavy (non-hydrogen) atoms. The van der Waals surface area contributed by atoms with Gasteiger partial charge in [0.25, 0.3) is 0 Å². The molecule has 0 bridgehead atoms. The monoisotopic (exact) mass is 432 g/mol. The van der Waals surface area contributed by atoms with Crippen molar-refractivity contribution in [1.29, 1.82) is 0 Å². The van der Waals surface area contributed by atoms with Crippen LogP contribution in [0.4, 0.5) is 4.39 Å². The fourth-order valence-electron chi connectivity index (χ4n) is 3.33. The Morgan fingerprint density at radius 2 is 1.93 bits per heavy atom. The number of nitrogens with zero attached hydrogens (tertiary/aromatic N) is 2. The SMILES string of the molecule is CCOC(=O)c1nc(CC2CC2)n(-c2ccc(Cl)cc2)c1-c1cccc(Cl)c1F. The number of aromatic nitrogens is 2. The molecule has 1 aromatic heterocycles. The molecule has 0 unspecified atom stereocenters. The average molecular weight is 433 g/mol. The van der Waals surface area contributed by atoms with Crippen molar-refractivity contribution < 1.29 is 13.9 Å². The van der Waals surface area contributed by atoms with Crippen LogP contribution in [0.5, 0.6) is 0 Å². The zero-order chi connectivity index (χ0) is 20.5. The maximum atomic E-state index is 15.0. The van der Waals surface area contributed by atoms with Crippen molar-refractivity contribution in [3.05, 3.63) is 69.8 Å². The van der Waals surface area contributed by atoms with Crippen molar-refractivity contribution >= 4 is 29.2 Å². The molecule has 0 atom stereocenters. The highest BCUT2D eigenvalue weighted by atomic mass is 35.5. The predicted molar refractivity (Wildman–Crippen MR) is 111 cm³/mol. The summed E-state index contributed by atoms with van der Waals surface area (Å²) >= 11 is 12.1. The summed E-state index contributed by atoms with van der Waals surface area (Å²) in [5, 5.41) is 0.559. The summed E-state index contributed by atoms with van der Waals surface area (Å²) < 4.78 is 22.0. The number of halogens is 3. The molecule has 4 nitrogen and oxygen atoms in total. The first-order chi connectivity index (χ1) is 14.0. The lowest BCUT2D eigenvalue weighted by molar-refractivity contribution is 0.0521. The molecule has 1 aliphatic rings. The van der Waals surface area contributed by atoms with Gasteiger partial charge in [-0.15, -0.1) is 0 Å². The third-order valence-corrected chi connectivity index (χ3v) is 5.42. The van der Waals surface area contributed by atoms with Gasteiger partial charge in [-0.25, -0.2) is 14.2 Å². The first kappa shape index (κ1) is 19.9. The predicted octanol–water partition coefficient (Wildman–Crippen LogP) is 6.11. The molecule has 1 saturated carbocycles. The van der Waals surface area contributed by atoms with Crippen molar-refractivity contribution in [2.75, 3.05) is 6.61 Å². The molecule has 1 aliphatic carbocycles. The van der Waals surface area contributed by atoms with Crippen LogP contribution < -0.4 is 0 Å². The molecule has 0 radical (unpaired) electrons. The second kappa shape index (κ2) is 8.17. The van der Waals surface area contributed by atoms with Crippen molar-refractivity contribution in [2.45, 2.75) is 26.2 Å². The number of carbonyl (C=O) groups excluding carboxylic acids is 1. The van der Waals surface area contributed by atoms with E-state index in [1.165, 1.54) is 6.07 Å². The third-order valence-electron chi connectivity index (χ3n) is 4.88. The summed E-state index contributed by atoms with van der Waals surface area (Å²) in [6.45, 7) is 1.92. The van der Waals surface area contributed by atoms with E-state index in [1.807, 2.05) is 16.7 Å². The summed E-state index contributed by atoms with van der Waals surface area (Å²) in [6, 6.07) is 11.9. The Hall–Kier alpha value is -2.37. The number of rotatable bonds is 6. The maximum Gasteiger partial charge on any atom is 0.359 e. The molecular weight excluding hydrogens is 414 g/mol. The Morgan fingerprint density at radius 1 is 1.21 bits per heavy atom. The number of esters is 1. The van der Waals surface area contributed by atoms with Crippen LogP contribution in [-0.4, -0.2) is 22.1 Å². The Balaban J connectivity index is 2.00. The molecule has 0 saturated heterocycles. The minimum absolute atomic E-state index is 0.0232. The Morgan fingerprint density at radius 3 is 2.59 bits per heavy atom. The first-order valence-electron chi connectivity index (χ1n) is 9.48. The lowest BCUT2D eigenvalue weighted by atomic mass is 10.1. The molecule has 0 spiro atoms. The van der Waals surface area contributed by atoms with E-state index >= 15 is 4.39 Å². The number of hydrogen-bond donors (Lipinski definition) is 0. The summed E-state index contributed by atoms with van der Waals surface area (Å²) in [5.74, 6) is 0.00208. The highest BCUT2D eigenvalue weighted by Gasteiger charge is 2.31. The third kappa shape index (κ3) is 4.02. The van der Waals surface area contributed by atoms with Gasteiger partial charge in [-0.1, -0.05) is 29.3 Å². The fourth-order valence-corrected chi connectivity index (χ4v) is 3.63. The smallest absolute Gasteiger partial charge is 0.359 e. The zero-order valence-corrected chi connectivity index (χ0v) is 17.3. The van der Waals surface area contributed by atoms with Crippen LogP contribution in [0.3, 0.4) is 0 Å². The summed E-state index contributed by atoms with van der Waals surface area (Å²) in [5.41, 5.74) is 1.35. The largest absolute Gasteiger partial charge is 0.461 e. The summed E-state index contributed by atoms with van der Waals surface area (Å²) in [4.78, 5) is 17.3. The van der Waals surface area contributed by atoms with E-state index in [2.05, 4.69) is 4.98 Å². The first-order valence-corrected chi connectivity index (χ1v) is 10.2. The van der Waals surface area contributed by atoms with Crippen LogP contribution in [0.25, 0.3) is 16.9 Å². The van der Waals surface area contributed by atoms with Crippen molar-refractivity contribution in [3.8, 4) is 16.9 Å². The summed E-state index contributed by atoms with van der Waals surface area (Å²) in [7, 11) is 0. The van der Waals surface area contributed by atoms with Crippen LogP contribution in [0.2, 0.25) is 10.0 Å². The number of imidazole rings is 1. The minimum Gasteiger partial charge on any atom is -0.461 e. The second-order valence-electron chi connectivity index (χ2n) is 7.01. The summed E-state index contributed by atoms with van der Waals surface area (Å²) in [6.07, 6.45) is 2.92. The molecule has 7 heteroatoms. The molecule has 0 N–H and O–H groups in total. The van der Waals surface area contributed by atoms with Gasteiger partial charge in [-0.3, -0.25) is 4.57 Å². The van der Waals surface area contributed by atoms with E-state index in [0.29, 0.717) is 28.9 Å². The van der Waals surface area contributed by atoms with E-state index in [0.717, 1.165) is 18.5 Å². The van der Waals surface area contributed by atoms with E-state index in [4.69, 9.17) is 27.9 Å². The fraction of sp³-hybridized carbons (Fsp3) is 0.273. The van der Waals surface area contributed by atoms with Crippen molar-refractivity contribution in [3.63, 3.8) is 0 Å². The van der Waals surface area contributed by atoms with Gasteiger partial charge < -0.3 is 4.74 Å². The number of ether oxygens (including phenoxy) is 1. The standard InChI is InChI=1S/C22H19Cl2FN2O2/c1-2-29-22(28)20-21(16-4-3-5-17(24)19(16)25)27(15-10-8-14(23)9-11-15)18(26-20)12-13-6-7-13/h3-5,8-11,13H,2,6-7,12H2,1H3. The van der Waals surface area contributed by atoms with Crippen LogP contribution in [-0.2, 0) is 11.2 Å². The molecule has 0 amide bonds. The molecule has 1 fully saturated rings.